The molecule has 0 atom stereocenters. The van der Waals surface area contributed by atoms with Gasteiger partial charge in [0.2, 0.25) is 0 Å². The van der Waals surface area contributed by atoms with E-state index in [0.29, 0.717) is 22.0 Å². The molecule has 1 amide bonds. The lowest BCUT2D eigenvalue weighted by Gasteiger charge is -2.06. The Morgan fingerprint density at radius 2 is 2.33 bits per heavy atom. The normalized spacial score (nSPS) is 10.3. The molecule has 0 saturated heterocycles. The van der Waals surface area contributed by atoms with Gasteiger partial charge in [0.15, 0.2) is 0 Å². The number of carbonyl (C=O) groups is 1. The highest BCUT2D eigenvalue weighted by molar-refractivity contribution is 7.80. The second-order valence-electron chi connectivity index (χ2n) is 3.60. The molecule has 0 bridgehead atoms. The smallest absolute Gasteiger partial charge is 0.252 e. The van der Waals surface area contributed by atoms with Crippen LogP contribution in [0.3, 0.4) is 0 Å². The number of amides is 1. The van der Waals surface area contributed by atoms with Gasteiger partial charge < -0.3 is 5.32 Å². The summed E-state index contributed by atoms with van der Waals surface area (Å²) in [5, 5.41) is 6.16. The molecule has 2 rings (SSSR count). The van der Waals surface area contributed by atoms with Crippen LogP contribution in [0.2, 0.25) is 5.02 Å². The third-order valence-corrected chi connectivity index (χ3v) is 3.75. The molecule has 94 valence electrons. The van der Waals surface area contributed by atoms with Crippen LogP contribution in [0.4, 0.5) is 0 Å². The van der Waals surface area contributed by atoms with Crippen molar-refractivity contribution in [3.05, 3.63) is 45.4 Å². The first kappa shape index (κ1) is 13.4. The Kier molecular flexibility index (Phi) is 4.63. The topological polar surface area (TPSA) is 42.0 Å². The van der Waals surface area contributed by atoms with Crippen molar-refractivity contribution in [1.82, 2.24) is 10.3 Å². The number of nitrogens with zero attached hydrogens (tertiary/aromatic N) is 1. The minimum Gasteiger partial charge on any atom is -0.352 e. The van der Waals surface area contributed by atoms with Crippen LogP contribution in [-0.4, -0.2) is 17.4 Å². The first-order valence-electron chi connectivity index (χ1n) is 5.32. The molecule has 1 aromatic carbocycles. The third-order valence-electron chi connectivity index (χ3n) is 2.30. The van der Waals surface area contributed by atoms with Gasteiger partial charge >= 0.3 is 0 Å². The Morgan fingerprint density at radius 3 is 3.06 bits per heavy atom. The van der Waals surface area contributed by atoms with Gasteiger partial charge in [0.1, 0.15) is 0 Å². The first-order chi connectivity index (χ1) is 8.66. The summed E-state index contributed by atoms with van der Waals surface area (Å²) >= 11 is 11.7. The summed E-state index contributed by atoms with van der Waals surface area (Å²) in [6, 6.07) is 5.07. The molecule has 2 aromatic rings. The van der Waals surface area contributed by atoms with Crippen LogP contribution in [0.25, 0.3) is 0 Å². The van der Waals surface area contributed by atoms with Crippen LogP contribution in [-0.2, 0) is 6.42 Å². The summed E-state index contributed by atoms with van der Waals surface area (Å²) in [5.74, 6) is -0.188. The second-order valence-corrected chi connectivity index (χ2v) is 5.50. The molecular weight excluding hydrogens is 288 g/mol. The van der Waals surface area contributed by atoms with Gasteiger partial charge in [-0.05, 0) is 18.2 Å². The van der Waals surface area contributed by atoms with Crippen molar-refractivity contribution in [3.8, 4) is 0 Å². The van der Waals surface area contributed by atoms with E-state index >= 15 is 0 Å². The average molecular weight is 299 g/mol. The van der Waals surface area contributed by atoms with Gasteiger partial charge in [-0.1, -0.05) is 11.6 Å². The van der Waals surface area contributed by atoms with E-state index in [1.165, 1.54) is 0 Å². The molecule has 0 radical (unpaired) electrons. The fraction of sp³-hybridized carbons (Fsp3) is 0.167. The number of rotatable bonds is 4. The van der Waals surface area contributed by atoms with Gasteiger partial charge in [-0.25, -0.2) is 4.98 Å². The summed E-state index contributed by atoms with van der Waals surface area (Å²) in [7, 11) is 0. The molecule has 0 aliphatic heterocycles. The predicted molar refractivity (Wildman–Crippen MR) is 76.9 cm³/mol. The number of thiol groups is 1. The van der Waals surface area contributed by atoms with E-state index in [9.17, 15) is 4.79 Å². The second kappa shape index (κ2) is 6.22. The van der Waals surface area contributed by atoms with Crippen LogP contribution in [0.1, 0.15) is 15.4 Å². The summed E-state index contributed by atoms with van der Waals surface area (Å²) in [6.45, 7) is 0.541. The SMILES string of the molecule is O=C(NCCc1nccs1)c1cc(S)ccc1Cl. The van der Waals surface area contributed by atoms with Crippen LogP contribution >= 0.6 is 35.6 Å². The Labute approximate surface area is 120 Å². The average Bonchev–Trinajstić information content (AvgIpc) is 2.85. The van der Waals surface area contributed by atoms with Gasteiger partial charge in [0.25, 0.3) is 5.91 Å². The molecule has 0 spiro atoms. The van der Waals surface area contributed by atoms with Crippen LogP contribution < -0.4 is 5.32 Å². The monoisotopic (exact) mass is 298 g/mol. The maximum absolute atomic E-state index is 11.9. The molecule has 1 N–H and O–H groups in total. The van der Waals surface area contributed by atoms with Gasteiger partial charge in [0.05, 0.1) is 15.6 Å². The highest BCUT2D eigenvalue weighted by Crippen LogP contribution is 2.19. The lowest BCUT2D eigenvalue weighted by Crippen LogP contribution is -2.25. The molecule has 6 heteroatoms. The molecule has 1 aromatic heterocycles. The minimum atomic E-state index is -0.188. The van der Waals surface area contributed by atoms with E-state index in [1.54, 1.807) is 35.7 Å². The largest absolute Gasteiger partial charge is 0.352 e. The van der Waals surface area contributed by atoms with Gasteiger partial charge in [0, 0.05) is 29.4 Å². The fourth-order valence-electron chi connectivity index (χ4n) is 1.44. The minimum absolute atomic E-state index is 0.188. The number of hydrogen-bond donors (Lipinski definition) is 2. The first-order valence-corrected chi connectivity index (χ1v) is 7.02. The zero-order valence-corrected chi connectivity index (χ0v) is 11.9. The molecular formula is C12H11ClN2OS2. The standard InChI is InChI=1S/C12H11ClN2OS2/c13-10-2-1-8(17)7-9(10)12(16)15-4-3-11-14-5-6-18-11/h1-2,5-7,17H,3-4H2,(H,15,16). The molecule has 0 aliphatic rings. The van der Waals surface area contributed by atoms with Crippen molar-refractivity contribution in [1.29, 1.82) is 0 Å². The maximum atomic E-state index is 11.9. The number of nitrogens with one attached hydrogen (secondary N) is 1. The van der Waals surface area contributed by atoms with E-state index in [4.69, 9.17) is 11.6 Å². The van der Waals surface area contributed by atoms with Crippen molar-refractivity contribution >= 4 is 41.5 Å². The summed E-state index contributed by atoms with van der Waals surface area (Å²) in [6.07, 6.45) is 2.48. The summed E-state index contributed by atoms with van der Waals surface area (Å²) < 4.78 is 0. The van der Waals surface area contributed by atoms with Crippen molar-refractivity contribution < 1.29 is 4.79 Å². The highest BCUT2D eigenvalue weighted by Gasteiger charge is 2.10. The lowest BCUT2D eigenvalue weighted by molar-refractivity contribution is 0.0954. The number of carbonyl (C=O) groups excluding carboxylic acids is 1. The Bertz CT molecular complexity index is 543. The maximum Gasteiger partial charge on any atom is 0.252 e. The molecule has 1 heterocycles. The third kappa shape index (κ3) is 3.48. The zero-order valence-electron chi connectivity index (χ0n) is 9.39. The van der Waals surface area contributed by atoms with Gasteiger partial charge in [-0.2, -0.15) is 0 Å². The molecule has 3 nitrogen and oxygen atoms in total. The number of hydrogen-bond acceptors (Lipinski definition) is 4. The van der Waals surface area contributed by atoms with Crippen molar-refractivity contribution in [2.24, 2.45) is 0 Å². The van der Waals surface area contributed by atoms with E-state index in [2.05, 4.69) is 22.9 Å². The van der Waals surface area contributed by atoms with Crippen LogP contribution in [0, 0.1) is 0 Å². The predicted octanol–water partition coefficient (Wildman–Crippen LogP) is 3.06. The van der Waals surface area contributed by atoms with E-state index in [-0.39, 0.29) is 5.91 Å². The Morgan fingerprint density at radius 1 is 1.50 bits per heavy atom. The quantitative estimate of drug-likeness (QED) is 0.852. The molecule has 0 saturated carbocycles. The highest BCUT2D eigenvalue weighted by atomic mass is 35.5. The van der Waals surface area contributed by atoms with E-state index < -0.39 is 0 Å². The number of halogens is 1. The van der Waals surface area contributed by atoms with Crippen LogP contribution in [0.15, 0.2) is 34.7 Å². The van der Waals surface area contributed by atoms with Crippen molar-refractivity contribution in [3.63, 3.8) is 0 Å². The lowest BCUT2D eigenvalue weighted by atomic mass is 10.2. The van der Waals surface area contributed by atoms with E-state index in [0.717, 1.165) is 11.4 Å². The van der Waals surface area contributed by atoms with Gasteiger partial charge in [-0.15, -0.1) is 24.0 Å². The zero-order chi connectivity index (χ0) is 13.0. The Balaban J connectivity index is 1.93. The molecule has 18 heavy (non-hydrogen) atoms. The fourth-order valence-corrected chi connectivity index (χ4v) is 2.47. The molecule has 0 fully saturated rings. The van der Waals surface area contributed by atoms with Crippen molar-refractivity contribution in [2.45, 2.75) is 11.3 Å². The van der Waals surface area contributed by atoms with Crippen molar-refractivity contribution in [2.75, 3.05) is 6.54 Å². The Hall–Kier alpha value is -1.04. The number of thiazole rings is 1. The van der Waals surface area contributed by atoms with Gasteiger partial charge in [-0.3, -0.25) is 4.79 Å². The number of benzene rings is 1. The van der Waals surface area contributed by atoms with Crippen LogP contribution in [0.5, 0.6) is 0 Å². The molecule has 0 unspecified atom stereocenters. The summed E-state index contributed by atoms with van der Waals surface area (Å²) in [4.78, 5) is 16.8. The van der Waals surface area contributed by atoms with E-state index in [1.807, 2.05) is 5.38 Å². The number of aromatic nitrogens is 1. The summed E-state index contributed by atoms with van der Waals surface area (Å²) in [5.41, 5.74) is 0.448. The molecule has 0 aliphatic carbocycles.